The first-order valence-electron chi connectivity index (χ1n) is 7.18. The van der Waals surface area contributed by atoms with Gasteiger partial charge >= 0.3 is 5.97 Å². The van der Waals surface area contributed by atoms with Crippen molar-refractivity contribution in [1.82, 2.24) is 14.8 Å². The number of aryl methyl sites for hydroxylation is 1. The topological polar surface area (TPSA) is 66.2 Å². The molecular formula is C16H13Cl2N3O3S. The number of thiazole rings is 1. The van der Waals surface area contributed by atoms with Crippen molar-refractivity contribution in [2.75, 3.05) is 6.61 Å². The number of aromatic nitrogens is 3. The molecule has 0 aliphatic carbocycles. The minimum absolute atomic E-state index is 0.0767. The zero-order valence-corrected chi connectivity index (χ0v) is 15.4. The van der Waals surface area contributed by atoms with E-state index in [0.29, 0.717) is 21.5 Å². The minimum Gasteiger partial charge on any atom is -0.480 e. The van der Waals surface area contributed by atoms with E-state index in [1.807, 2.05) is 18.6 Å². The predicted molar refractivity (Wildman–Crippen MR) is 96.1 cm³/mol. The highest BCUT2D eigenvalue weighted by Gasteiger charge is 2.11. The summed E-state index contributed by atoms with van der Waals surface area (Å²) in [5.74, 6) is -0.141. The molecule has 9 heteroatoms. The fourth-order valence-corrected chi connectivity index (χ4v) is 3.21. The summed E-state index contributed by atoms with van der Waals surface area (Å²) in [5.41, 5.74) is 1.59. The van der Waals surface area contributed by atoms with Gasteiger partial charge in [0.25, 0.3) is 0 Å². The van der Waals surface area contributed by atoms with Gasteiger partial charge in [-0.15, -0.1) is 11.3 Å². The fraction of sp³-hybridized carbons (Fsp3) is 0.188. The molecule has 0 atom stereocenters. The molecule has 0 saturated carbocycles. The van der Waals surface area contributed by atoms with Crippen LogP contribution in [0.25, 0.3) is 10.6 Å². The van der Waals surface area contributed by atoms with Crippen LogP contribution >= 0.6 is 34.5 Å². The highest BCUT2D eigenvalue weighted by Crippen LogP contribution is 2.27. The van der Waals surface area contributed by atoms with Crippen molar-refractivity contribution in [3.05, 3.63) is 51.7 Å². The van der Waals surface area contributed by atoms with Crippen LogP contribution < -0.4 is 4.74 Å². The first-order chi connectivity index (χ1) is 12.0. The lowest BCUT2D eigenvalue weighted by Gasteiger charge is -2.07. The Morgan fingerprint density at radius 1 is 1.36 bits per heavy atom. The summed E-state index contributed by atoms with van der Waals surface area (Å²) in [6.45, 7) is -0.172. The number of ether oxygens (including phenoxy) is 2. The van der Waals surface area contributed by atoms with Crippen LogP contribution in [0.3, 0.4) is 0 Å². The number of hydrogen-bond donors (Lipinski definition) is 0. The predicted octanol–water partition coefficient (Wildman–Crippen LogP) is 3.97. The lowest BCUT2D eigenvalue weighted by molar-refractivity contribution is -0.147. The first kappa shape index (κ1) is 17.7. The van der Waals surface area contributed by atoms with Gasteiger partial charge in [0.15, 0.2) is 6.61 Å². The Morgan fingerprint density at radius 2 is 2.20 bits per heavy atom. The van der Waals surface area contributed by atoms with Gasteiger partial charge in [-0.1, -0.05) is 23.2 Å². The van der Waals surface area contributed by atoms with Crippen LogP contribution in [0, 0.1) is 0 Å². The molecule has 0 aliphatic rings. The number of esters is 1. The van der Waals surface area contributed by atoms with Crippen molar-refractivity contribution >= 4 is 40.5 Å². The van der Waals surface area contributed by atoms with E-state index >= 15 is 0 Å². The Kier molecular flexibility index (Phi) is 5.57. The Hall–Kier alpha value is -2.09. The van der Waals surface area contributed by atoms with Crippen LogP contribution in [0.5, 0.6) is 5.75 Å². The number of carbonyl (C=O) groups is 1. The van der Waals surface area contributed by atoms with E-state index in [1.165, 1.54) is 11.3 Å². The third kappa shape index (κ3) is 4.72. The molecule has 2 heterocycles. The molecular weight excluding hydrogens is 385 g/mol. The van der Waals surface area contributed by atoms with Gasteiger partial charge in [-0.25, -0.2) is 9.78 Å². The van der Waals surface area contributed by atoms with Crippen LogP contribution in [0.1, 0.15) is 5.69 Å². The zero-order valence-electron chi connectivity index (χ0n) is 13.1. The second kappa shape index (κ2) is 7.86. The number of halogens is 2. The smallest absolute Gasteiger partial charge is 0.344 e. The summed E-state index contributed by atoms with van der Waals surface area (Å²) in [7, 11) is 1.84. The van der Waals surface area contributed by atoms with Crippen molar-refractivity contribution in [3.63, 3.8) is 0 Å². The van der Waals surface area contributed by atoms with Crippen LogP contribution in [0.4, 0.5) is 0 Å². The fourth-order valence-electron chi connectivity index (χ4n) is 1.96. The molecule has 6 nitrogen and oxygen atoms in total. The Morgan fingerprint density at radius 3 is 2.92 bits per heavy atom. The van der Waals surface area contributed by atoms with Gasteiger partial charge in [-0.3, -0.25) is 4.68 Å². The van der Waals surface area contributed by atoms with Gasteiger partial charge in [0.2, 0.25) is 0 Å². The van der Waals surface area contributed by atoms with E-state index < -0.39 is 5.97 Å². The van der Waals surface area contributed by atoms with Crippen molar-refractivity contribution in [2.24, 2.45) is 7.05 Å². The van der Waals surface area contributed by atoms with Crippen LogP contribution in [0.2, 0.25) is 10.0 Å². The van der Waals surface area contributed by atoms with Gasteiger partial charge in [-0.05, 0) is 18.2 Å². The molecule has 25 heavy (non-hydrogen) atoms. The van der Waals surface area contributed by atoms with Gasteiger partial charge < -0.3 is 9.47 Å². The van der Waals surface area contributed by atoms with E-state index in [4.69, 9.17) is 32.7 Å². The van der Waals surface area contributed by atoms with E-state index in [2.05, 4.69) is 10.1 Å². The second-order valence-electron chi connectivity index (χ2n) is 5.07. The molecule has 0 bridgehead atoms. The maximum atomic E-state index is 11.8. The molecule has 130 valence electrons. The third-order valence-electron chi connectivity index (χ3n) is 3.12. The molecule has 1 aromatic carbocycles. The molecule has 0 unspecified atom stereocenters. The highest BCUT2D eigenvalue weighted by atomic mass is 35.5. The largest absolute Gasteiger partial charge is 0.480 e. The van der Waals surface area contributed by atoms with Crippen molar-refractivity contribution in [2.45, 2.75) is 6.61 Å². The average Bonchev–Trinajstić information content (AvgIpc) is 3.21. The van der Waals surface area contributed by atoms with E-state index in [0.717, 1.165) is 10.6 Å². The monoisotopic (exact) mass is 397 g/mol. The quantitative estimate of drug-likeness (QED) is 0.588. The molecule has 0 saturated heterocycles. The lowest BCUT2D eigenvalue weighted by atomic mass is 10.3. The van der Waals surface area contributed by atoms with Crippen molar-refractivity contribution < 1.29 is 14.3 Å². The number of nitrogens with zero attached hydrogens (tertiary/aromatic N) is 3. The number of benzene rings is 1. The summed E-state index contributed by atoms with van der Waals surface area (Å²) >= 11 is 13.2. The maximum absolute atomic E-state index is 11.8. The number of carbonyl (C=O) groups excluding carboxylic acids is 1. The Labute approximate surface area is 157 Å². The molecule has 0 radical (unpaired) electrons. The van der Waals surface area contributed by atoms with Crippen LogP contribution in [0.15, 0.2) is 36.0 Å². The van der Waals surface area contributed by atoms with E-state index in [9.17, 15) is 4.79 Å². The average molecular weight is 398 g/mol. The molecule has 0 spiro atoms. The van der Waals surface area contributed by atoms with E-state index in [1.54, 1.807) is 29.1 Å². The maximum Gasteiger partial charge on any atom is 0.344 e. The van der Waals surface area contributed by atoms with Gasteiger partial charge in [0.1, 0.15) is 17.4 Å². The summed E-state index contributed by atoms with van der Waals surface area (Å²) in [6, 6.07) is 4.76. The van der Waals surface area contributed by atoms with Crippen molar-refractivity contribution in [1.29, 1.82) is 0 Å². The normalized spacial score (nSPS) is 10.7. The Balaban J connectivity index is 1.50. The summed E-state index contributed by atoms with van der Waals surface area (Å²) in [4.78, 5) is 16.2. The molecule has 2 aromatic heterocycles. The lowest BCUT2D eigenvalue weighted by Crippen LogP contribution is -2.15. The number of rotatable bonds is 6. The molecule has 0 amide bonds. The highest BCUT2D eigenvalue weighted by molar-refractivity contribution is 7.13. The summed E-state index contributed by atoms with van der Waals surface area (Å²) in [5, 5.41) is 7.59. The van der Waals surface area contributed by atoms with Gasteiger partial charge in [-0.2, -0.15) is 5.10 Å². The first-order valence-corrected chi connectivity index (χ1v) is 8.82. The van der Waals surface area contributed by atoms with E-state index in [-0.39, 0.29) is 13.2 Å². The molecule has 3 aromatic rings. The van der Waals surface area contributed by atoms with Gasteiger partial charge in [0, 0.05) is 29.2 Å². The third-order valence-corrected chi connectivity index (χ3v) is 4.59. The van der Waals surface area contributed by atoms with Crippen LogP contribution in [-0.2, 0) is 23.2 Å². The summed E-state index contributed by atoms with van der Waals surface area (Å²) < 4.78 is 12.2. The number of hydrogen-bond acceptors (Lipinski definition) is 6. The molecule has 0 fully saturated rings. The minimum atomic E-state index is -0.512. The standard InChI is InChI=1S/C16H13Cl2N3O3S/c1-21-6-10(5-19-21)16-20-12(9-25-16)7-24-15(22)8-23-14-3-2-11(17)4-13(14)18/h2-6,9H,7-8H2,1H3. The molecule has 0 aliphatic heterocycles. The van der Waals surface area contributed by atoms with Crippen molar-refractivity contribution in [3.8, 4) is 16.3 Å². The zero-order chi connectivity index (χ0) is 17.8. The molecule has 3 rings (SSSR count). The van der Waals surface area contributed by atoms with Crippen LogP contribution in [-0.4, -0.2) is 27.3 Å². The summed E-state index contributed by atoms with van der Waals surface area (Å²) in [6.07, 6.45) is 3.61. The van der Waals surface area contributed by atoms with Gasteiger partial charge in [0.05, 0.1) is 16.9 Å². The SMILES string of the molecule is Cn1cc(-c2nc(COC(=O)COc3ccc(Cl)cc3Cl)cs2)cn1. The Bertz CT molecular complexity index is 894. The second-order valence-corrected chi connectivity index (χ2v) is 6.77. The molecule has 0 N–H and O–H groups in total.